The minimum absolute atomic E-state index is 0.106. The van der Waals surface area contributed by atoms with Crippen LogP contribution in [0.2, 0.25) is 0 Å². The summed E-state index contributed by atoms with van der Waals surface area (Å²) in [5.74, 6) is 1.35. The number of carbonyl (C=O) groups excluding carboxylic acids is 1. The smallest absolute Gasteiger partial charge is 0.266 e. The van der Waals surface area contributed by atoms with Crippen LogP contribution in [0.5, 0.6) is 0 Å². The molecular formula is C17H22N2OS. The van der Waals surface area contributed by atoms with Crippen molar-refractivity contribution < 1.29 is 4.79 Å². The van der Waals surface area contributed by atoms with E-state index >= 15 is 0 Å². The minimum Gasteiger partial charge on any atom is -0.397 e. The Balaban J connectivity index is 1.90. The second kappa shape index (κ2) is 5.34. The van der Waals surface area contributed by atoms with Gasteiger partial charge in [-0.1, -0.05) is 26.0 Å². The van der Waals surface area contributed by atoms with Crippen molar-refractivity contribution in [2.45, 2.75) is 27.2 Å². The lowest BCUT2D eigenvalue weighted by Crippen LogP contribution is -2.29. The Labute approximate surface area is 129 Å². The predicted octanol–water partition coefficient (Wildman–Crippen LogP) is 3.91. The molecular weight excluding hydrogens is 280 g/mol. The van der Waals surface area contributed by atoms with Crippen LogP contribution in [0.15, 0.2) is 18.2 Å². The molecule has 0 radical (unpaired) electrons. The minimum atomic E-state index is 0.106. The van der Waals surface area contributed by atoms with Gasteiger partial charge in [0.15, 0.2) is 0 Å². The normalized spacial score (nSPS) is 18.9. The van der Waals surface area contributed by atoms with Crippen molar-refractivity contribution in [3.63, 3.8) is 0 Å². The number of carbonyl (C=O) groups is 1. The van der Waals surface area contributed by atoms with Gasteiger partial charge < -0.3 is 10.6 Å². The molecule has 2 heterocycles. The summed E-state index contributed by atoms with van der Waals surface area (Å²) >= 11 is 1.53. The molecule has 1 saturated heterocycles. The van der Waals surface area contributed by atoms with E-state index in [4.69, 9.17) is 5.73 Å². The van der Waals surface area contributed by atoms with Gasteiger partial charge in [0.25, 0.3) is 5.91 Å². The number of hydrogen-bond acceptors (Lipinski definition) is 3. The number of benzene rings is 1. The first-order valence-electron chi connectivity index (χ1n) is 7.55. The summed E-state index contributed by atoms with van der Waals surface area (Å²) in [6, 6.07) is 6.17. The van der Waals surface area contributed by atoms with E-state index in [1.807, 2.05) is 17.0 Å². The van der Waals surface area contributed by atoms with Crippen molar-refractivity contribution >= 4 is 33.0 Å². The Bertz CT molecular complexity index is 689. The maximum Gasteiger partial charge on any atom is 0.266 e. The van der Waals surface area contributed by atoms with Crippen LogP contribution in [-0.2, 0) is 0 Å². The summed E-state index contributed by atoms with van der Waals surface area (Å²) in [5.41, 5.74) is 8.06. The third kappa shape index (κ3) is 2.53. The zero-order chi connectivity index (χ0) is 15.1. The first kappa shape index (κ1) is 14.4. The molecule has 1 amide bonds. The van der Waals surface area contributed by atoms with Gasteiger partial charge in [-0.25, -0.2) is 0 Å². The predicted molar refractivity (Wildman–Crippen MR) is 89.8 cm³/mol. The van der Waals surface area contributed by atoms with Crippen LogP contribution in [-0.4, -0.2) is 23.9 Å². The topological polar surface area (TPSA) is 46.3 Å². The molecule has 1 atom stereocenters. The standard InChI is InChI=1S/C17H22N2OS/c1-10(2)12-6-7-19(9-12)17(20)16-15(18)13-5-4-11(3)8-14(13)21-16/h4-5,8,10,12H,6-7,9,18H2,1-3H3. The Hall–Kier alpha value is -1.55. The quantitative estimate of drug-likeness (QED) is 0.914. The molecule has 1 fully saturated rings. The molecule has 0 saturated carbocycles. The highest BCUT2D eigenvalue weighted by molar-refractivity contribution is 7.21. The SMILES string of the molecule is Cc1ccc2c(N)c(C(=O)N3CCC(C(C)C)C3)sc2c1. The van der Waals surface area contributed by atoms with Crippen molar-refractivity contribution in [1.82, 2.24) is 4.90 Å². The van der Waals surface area contributed by atoms with E-state index in [-0.39, 0.29) is 5.91 Å². The summed E-state index contributed by atoms with van der Waals surface area (Å²) < 4.78 is 1.11. The van der Waals surface area contributed by atoms with Gasteiger partial charge in [-0.3, -0.25) is 4.79 Å². The van der Waals surface area contributed by atoms with Crippen molar-refractivity contribution in [1.29, 1.82) is 0 Å². The molecule has 1 aliphatic rings. The molecule has 0 spiro atoms. The average Bonchev–Trinajstić information content (AvgIpc) is 3.03. The lowest BCUT2D eigenvalue weighted by atomic mass is 9.95. The van der Waals surface area contributed by atoms with Crippen molar-refractivity contribution in [2.24, 2.45) is 11.8 Å². The fourth-order valence-electron chi connectivity index (χ4n) is 3.04. The molecule has 21 heavy (non-hydrogen) atoms. The molecule has 3 nitrogen and oxygen atoms in total. The number of hydrogen-bond donors (Lipinski definition) is 1. The highest BCUT2D eigenvalue weighted by Gasteiger charge is 2.30. The molecule has 0 aliphatic carbocycles. The number of anilines is 1. The van der Waals surface area contributed by atoms with Gasteiger partial charge in [0.05, 0.1) is 5.69 Å². The van der Waals surface area contributed by atoms with Gasteiger partial charge in [-0.05, 0) is 36.8 Å². The van der Waals surface area contributed by atoms with E-state index in [0.29, 0.717) is 22.4 Å². The molecule has 3 rings (SSSR count). The first-order chi connectivity index (χ1) is 9.97. The van der Waals surface area contributed by atoms with Gasteiger partial charge in [0, 0.05) is 23.2 Å². The van der Waals surface area contributed by atoms with E-state index in [1.54, 1.807) is 0 Å². The van der Waals surface area contributed by atoms with E-state index in [0.717, 1.165) is 29.6 Å². The highest BCUT2D eigenvalue weighted by Crippen LogP contribution is 2.36. The molecule has 2 N–H and O–H groups in total. The average molecular weight is 302 g/mol. The molecule has 1 aliphatic heterocycles. The number of amides is 1. The molecule has 1 aromatic carbocycles. The molecule has 4 heteroatoms. The zero-order valence-corrected chi connectivity index (χ0v) is 13.7. The number of aryl methyl sites for hydroxylation is 1. The molecule has 1 unspecified atom stereocenters. The fraction of sp³-hybridized carbons (Fsp3) is 0.471. The third-order valence-corrected chi connectivity index (χ3v) is 5.69. The summed E-state index contributed by atoms with van der Waals surface area (Å²) in [6.07, 6.45) is 1.10. The van der Waals surface area contributed by atoms with E-state index in [9.17, 15) is 4.79 Å². The van der Waals surface area contributed by atoms with Crippen LogP contribution in [0.4, 0.5) is 5.69 Å². The van der Waals surface area contributed by atoms with Gasteiger partial charge >= 0.3 is 0 Å². The van der Waals surface area contributed by atoms with Gasteiger partial charge in [-0.2, -0.15) is 0 Å². The zero-order valence-electron chi connectivity index (χ0n) is 12.8. The summed E-state index contributed by atoms with van der Waals surface area (Å²) in [6.45, 7) is 8.24. The number of nitrogen functional groups attached to an aromatic ring is 1. The van der Waals surface area contributed by atoms with Gasteiger partial charge in [-0.15, -0.1) is 11.3 Å². The number of thiophene rings is 1. The molecule has 0 bridgehead atoms. The van der Waals surface area contributed by atoms with Crippen LogP contribution >= 0.6 is 11.3 Å². The maximum atomic E-state index is 12.7. The number of fused-ring (bicyclic) bond motifs is 1. The molecule has 1 aromatic heterocycles. The number of nitrogens with zero attached hydrogens (tertiary/aromatic N) is 1. The van der Waals surface area contributed by atoms with Crippen molar-refractivity contribution in [3.05, 3.63) is 28.6 Å². The monoisotopic (exact) mass is 302 g/mol. The number of nitrogens with two attached hydrogens (primary N) is 1. The lowest BCUT2D eigenvalue weighted by Gasteiger charge is -2.17. The van der Waals surface area contributed by atoms with Gasteiger partial charge in [0.2, 0.25) is 0 Å². The summed E-state index contributed by atoms with van der Waals surface area (Å²) in [7, 11) is 0. The molecule has 2 aromatic rings. The second-order valence-electron chi connectivity index (χ2n) is 6.39. The van der Waals surface area contributed by atoms with Crippen LogP contribution in [0.3, 0.4) is 0 Å². The fourth-order valence-corrected chi connectivity index (χ4v) is 4.23. The Morgan fingerprint density at radius 1 is 1.43 bits per heavy atom. The highest BCUT2D eigenvalue weighted by atomic mass is 32.1. The third-order valence-electron chi connectivity index (χ3n) is 4.53. The Morgan fingerprint density at radius 2 is 2.19 bits per heavy atom. The van der Waals surface area contributed by atoms with Crippen LogP contribution in [0.25, 0.3) is 10.1 Å². The molecule has 112 valence electrons. The number of likely N-dealkylation sites (tertiary alicyclic amines) is 1. The van der Waals surface area contributed by atoms with Crippen LogP contribution in [0.1, 0.15) is 35.5 Å². The van der Waals surface area contributed by atoms with E-state index in [1.165, 1.54) is 16.9 Å². The number of rotatable bonds is 2. The van der Waals surface area contributed by atoms with Crippen molar-refractivity contribution in [2.75, 3.05) is 18.8 Å². The Morgan fingerprint density at radius 3 is 2.86 bits per heavy atom. The van der Waals surface area contributed by atoms with E-state index in [2.05, 4.69) is 26.8 Å². The first-order valence-corrected chi connectivity index (χ1v) is 8.37. The Kier molecular flexibility index (Phi) is 3.66. The second-order valence-corrected chi connectivity index (χ2v) is 7.44. The summed E-state index contributed by atoms with van der Waals surface area (Å²) in [4.78, 5) is 15.4. The largest absolute Gasteiger partial charge is 0.397 e. The summed E-state index contributed by atoms with van der Waals surface area (Å²) in [5, 5.41) is 1.01. The maximum absolute atomic E-state index is 12.7. The van der Waals surface area contributed by atoms with Crippen LogP contribution < -0.4 is 5.73 Å². The van der Waals surface area contributed by atoms with Gasteiger partial charge in [0.1, 0.15) is 4.88 Å². The van der Waals surface area contributed by atoms with Crippen LogP contribution in [0, 0.1) is 18.8 Å². The van der Waals surface area contributed by atoms with Crippen molar-refractivity contribution in [3.8, 4) is 0 Å². The van der Waals surface area contributed by atoms with E-state index < -0.39 is 0 Å². The lowest BCUT2D eigenvalue weighted by molar-refractivity contribution is 0.0790.